The number of esters is 1. The number of nitrogens with zero attached hydrogens (tertiary/aromatic N) is 1. The van der Waals surface area contributed by atoms with E-state index in [1.54, 1.807) is 12.1 Å². The quantitative estimate of drug-likeness (QED) is 0.434. The van der Waals surface area contributed by atoms with Gasteiger partial charge in [0.05, 0.1) is 12.2 Å². The second-order valence-corrected chi connectivity index (χ2v) is 5.11. The molecule has 2 aromatic carbocycles. The van der Waals surface area contributed by atoms with E-state index < -0.39 is 0 Å². The van der Waals surface area contributed by atoms with Crippen LogP contribution in [0.4, 0.5) is 0 Å². The molecule has 2 rings (SSSR count). The molecule has 114 valence electrons. The summed E-state index contributed by atoms with van der Waals surface area (Å²) >= 11 is 6.11. The van der Waals surface area contributed by atoms with Crippen molar-refractivity contribution in [2.24, 2.45) is 4.99 Å². The van der Waals surface area contributed by atoms with E-state index in [1.165, 1.54) is 0 Å². The van der Waals surface area contributed by atoms with E-state index in [-0.39, 0.29) is 5.97 Å². The van der Waals surface area contributed by atoms with Crippen LogP contribution in [0.3, 0.4) is 0 Å². The molecule has 2 aromatic rings. The molecular weight excluding hydrogens is 298 g/mol. The average Bonchev–Trinajstić information content (AvgIpc) is 2.59. The normalized spacial score (nSPS) is 11.2. The first-order valence-electron chi connectivity index (χ1n) is 7.25. The van der Waals surface area contributed by atoms with Gasteiger partial charge in [0.2, 0.25) is 0 Å². The minimum atomic E-state index is -0.286. The lowest BCUT2D eigenvalue weighted by atomic mass is 10.2. The van der Waals surface area contributed by atoms with Gasteiger partial charge in [-0.1, -0.05) is 60.1 Å². The lowest BCUT2D eigenvalue weighted by Gasteiger charge is -2.04. The molecule has 0 radical (unpaired) electrons. The predicted octanol–water partition coefficient (Wildman–Crippen LogP) is 4.31. The molecule has 0 atom stereocenters. The van der Waals surface area contributed by atoms with Crippen LogP contribution in [0.1, 0.15) is 28.8 Å². The van der Waals surface area contributed by atoms with Crippen LogP contribution in [0, 0.1) is 0 Å². The van der Waals surface area contributed by atoms with E-state index in [2.05, 4.69) is 4.99 Å². The minimum Gasteiger partial charge on any atom is -0.462 e. The fourth-order valence-electron chi connectivity index (χ4n) is 1.88. The van der Waals surface area contributed by atoms with Crippen molar-refractivity contribution in [1.82, 2.24) is 0 Å². The smallest absolute Gasteiger partial charge is 0.338 e. The molecule has 0 N–H and O–H groups in total. The molecule has 3 nitrogen and oxygen atoms in total. The highest BCUT2D eigenvalue weighted by Gasteiger charge is 2.04. The summed E-state index contributed by atoms with van der Waals surface area (Å²) in [4.78, 5) is 16.0. The molecule has 22 heavy (non-hydrogen) atoms. The Labute approximate surface area is 135 Å². The van der Waals surface area contributed by atoms with Crippen LogP contribution in [-0.4, -0.2) is 24.3 Å². The number of hydrogen-bond donors (Lipinski definition) is 0. The van der Waals surface area contributed by atoms with E-state index in [4.69, 9.17) is 16.3 Å². The highest BCUT2D eigenvalue weighted by molar-refractivity contribution is 6.69. The Balaban J connectivity index is 1.65. The summed E-state index contributed by atoms with van der Waals surface area (Å²) in [5, 5.41) is 0.516. The van der Waals surface area contributed by atoms with Gasteiger partial charge in [-0.05, 0) is 25.0 Å². The largest absolute Gasteiger partial charge is 0.462 e. The Bertz CT molecular complexity index is 611. The van der Waals surface area contributed by atoms with Crippen molar-refractivity contribution in [3.05, 3.63) is 71.8 Å². The molecule has 0 saturated heterocycles. The summed E-state index contributed by atoms with van der Waals surface area (Å²) in [5.41, 5.74) is 1.49. The van der Waals surface area contributed by atoms with Gasteiger partial charge >= 0.3 is 5.97 Å². The summed E-state index contributed by atoms with van der Waals surface area (Å²) in [7, 11) is 0. The zero-order chi connectivity index (χ0) is 15.6. The molecule has 0 aliphatic heterocycles. The number of unbranched alkanes of at least 4 members (excludes halogenated alkanes) is 1. The first-order chi connectivity index (χ1) is 10.8. The van der Waals surface area contributed by atoms with Gasteiger partial charge in [0.25, 0.3) is 0 Å². The van der Waals surface area contributed by atoms with Crippen molar-refractivity contribution in [2.75, 3.05) is 13.2 Å². The maximum Gasteiger partial charge on any atom is 0.338 e. The predicted molar refractivity (Wildman–Crippen MR) is 89.7 cm³/mol. The summed E-state index contributed by atoms with van der Waals surface area (Å²) in [5.74, 6) is -0.286. The number of carbonyl (C=O) groups is 1. The van der Waals surface area contributed by atoms with Crippen LogP contribution in [0.25, 0.3) is 0 Å². The van der Waals surface area contributed by atoms with Crippen molar-refractivity contribution in [1.29, 1.82) is 0 Å². The standard InChI is InChI=1S/C18H18ClNO2/c19-17(15-9-3-1-4-10-15)20-13-7-8-14-22-18(21)16-11-5-2-6-12-16/h1-6,9-12H,7-8,13-14H2/b20-17-. The lowest BCUT2D eigenvalue weighted by molar-refractivity contribution is 0.0499. The SMILES string of the molecule is O=C(OCCCC/N=C(\Cl)c1ccccc1)c1ccccc1. The fraction of sp³-hybridized carbons (Fsp3) is 0.222. The van der Waals surface area contributed by atoms with E-state index in [1.807, 2.05) is 48.5 Å². The third-order valence-electron chi connectivity index (χ3n) is 3.06. The van der Waals surface area contributed by atoms with E-state index in [9.17, 15) is 4.79 Å². The number of hydrogen-bond acceptors (Lipinski definition) is 3. The molecule has 0 amide bonds. The number of ether oxygens (including phenoxy) is 1. The van der Waals surface area contributed by atoms with Crippen LogP contribution in [-0.2, 0) is 4.74 Å². The van der Waals surface area contributed by atoms with Gasteiger partial charge in [-0.2, -0.15) is 0 Å². The van der Waals surface area contributed by atoms with Crippen LogP contribution in [0.15, 0.2) is 65.7 Å². The molecule has 4 heteroatoms. The summed E-state index contributed by atoms with van der Waals surface area (Å²) in [6.07, 6.45) is 1.59. The molecule has 0 aliphatic rings. The molecule has 0 heterocycles. The lowest BCUT2D eigenvalue weighted by Crippen LogP contribution is -2.06. The minimum absolute atomic E-state index is 0.286. The van der Waals surface area contributed by atoms with Crippen LogP contribution < -0.4 is 0 Å². The molecule has 0 bridgehead atoms. The third-order valence-corrected chi connectivity index (χ3v) is 3.40. The summed E-state index contributed by atoms with van der Waals surface area (Å²) in [6.45, 7) is 1.02. The zero-order valence-corrected chi connectivity index (χ0v) is 13.0. The van der Waals surface area contributed by atoms with E-state index in [0.29, 0.717) is 23.9 Å². The Morgan fingerprint density at radius 2 is 1.50 bits per heavy atom. The van der Waals surface area contributed by atoms with Crippen molar-refractivity contribution < 1.29 is 9.53 Å². The van der Waals surface area contributed by atoms with Crippen LogP contribution in [0.2, 0.25) is 0 Å². The highest BCUT2D eigenvalue weighted by atomic mass is 35.5. The first kappa shape index (κ1) is 16.2. The molecule has 0 aromatic heterocycles. The van der Waals surface area contributed by atoms with Gasteiger partial charge in [-0.15, -0.1) is 0 Å². The number of benzene rings is 2. The third kappa shape index (κ3) is 5.34. The first-order valence-corrected chi connectivity index (χ1v) is 7.63. The van der Waals surface area contributed by atoms with Crippen LogP contribution >= 0.6 is 11.6 Å². The Morgan fingerprint density at radius 1 is 0.909 bits per heavy atom. The van der Waals surface area contributed by atoms with Gasteiger partial charge in [-0.25, -0.2) is 4.79 Å². The fourth-order valence-corrected chi connectivity index (χ4v) is 2.09. The Morgan fingerprint density at radius 3 is 2.14 bits per heavy atom. The number of aliphatic imine (C=N–C) groups is 1. The maximum absolute atomic E-state index is 11.7. The maximum atomic E-state index is 11.7. The van der Waals surface area contributed by atoms with Crippen molar-refractivity contribution in [2.45, 2.75) is 12.8 Å². The number of carbonyl (C=O) groups excluding carboxylic acids is 1. The van der Waals surface area contributed by atoms with Gasteiger partial charge in [0, 0.05) is 12.1 Å². The molecule has 0 unspecified atom stereocenters. The molecular formula is C18H18ClNO2. The molecule has 0 saturated carbocycles. The molecule has 0 fully saturated rings. The van der Waals surface area contributed by atoms with Crippen LogP contribution in [0.5, 0.6) is 0 Å². The zero-order valence-electron chi connectivity index (χ0n) is 12.2. The Kier molecular flexibility index (Phi) is 6.65. The number of halogens is 1. The second kappa shape index (κ2) is 9.00. The van der Waals surface area contributed by atoms with Crippen molar-refractivity contribution in [3.63, 3.8) is 0 Å². The van der Waals surface area contributed by atoms with E-state index in [0.717, 1.165) is 18.4 Å². The van der Waals surface area contributed by atoms with Gasteiger partial charge < -0.3 is 4.74 Å². The van der Waals surface area contributed by atoms with Gasteiger partial charge in [0.15, 0.2) is 0 Å². The number of rotatable bonds is 7. The summed E-state index contributed by atoms with van der Waals surface area (Å²) < 4.78 is 5.20. The average molecular weight is 316 g/mol. The van der Waals surface area contributed by atoms with Gasteiger partial charge in [-0.3, -0.25) is 4.99 Å². The molecule has 0 spiro atoms. The summed E-state index contributed by atoms with van der Waals surface area (Å²) in [6, 6.07) is 18.6. The monoisotopic (exact) mass is 315 g/mol. The van der Waals surface area contributed by atoms with Crippen molar-refractivity contribution in [3.8, 4) is 0 Å². The van der Waals surface area contributed by atoms with E-state index >= 15 is 0 Å². The topological polar surface area (TPSA) is 38.7 Å². The second-order valence-electron chi connectivity index (χ2n) is 4.75. The van der Waals surface area contributed by atoms with Gasteiger partial charge in [0.1, 0.15) is 5.17 Å². The molecule has 0 aliphatic carbocycles. The highest BCUT2D eigenvalue weighted by Crippen LogP contribution is 2.06. The Hall–Kier alpha value is -2.13. The van der Waals surface area contributed by atoms with Crippen molar-refractivity contribution >= 4 is 22.7 Å².